The summed E-state index contributed by atoms with van der Waals surface area (Å²) in [5.74, 6) is 1.14. The molecule has 0 aliphatic carbocycles. The van der Waals surface area contributed by atoms with Crippen molar-refractivity contribution in [2.75, 3.05) is 20.8 Å². The van der Waals surface area contributed by atoms with Gasteiger partial charge in [0.25, 0.3) is 5.56 Å². The van der Waals surface area contributed by atoms with Gasteiger partial charge in [0.05, 0.1) is 42.9 Å². The second kappa shape index (κ2) is 10.1. The van der Waals surface area contributed by atoms with Crippen molar-refractivity contribution in [1.82, 2.24) is 4.57 Å². The van der Waals surface area contributed by atoms with Crippen LogP contribution in [0.4, 0.5) is 0 Å². The molecule has 0 fully saturated rings. The Bertz CT molecular complexity index is 1400. The number of allylic oxidation sites excluding steroid dienone is 1. The van der Waals surface area contributed by atoms with Gasteiger partial charge in [0.15, 0.2) is 4.80 Å². The molecule has 1 aliphatic rings. The lowest BCUT2D eigenvalue weighted by Crippen LogP contribution is -2.40. The first-order valence-electron chi connectivity index (χ1n) is 11.0. The zero-order valence-corrected chi connectivity index (χ0v) is 20.3. The van der Waals surface area contributed by atoms with Crippen molar-refractivity contribution in [2.24, 2.45) is 4.99 Å². The number of rotatable bonds is 8. The van der Waals surface area contributed by atoms with Crippen molar-refractivity contribution in [1.29, 1.82) is 0 Å². The molecular weight excluding hydrogens is 456 g/mol. The smallest absolute Gasteiger partial charge is 0.338 e. The Balaban J connectivity index is 2.07. The fraction of sp³-hybridized carbons (Fsp3) is 0.320. The number of methoxy groups -OCH3 is 2. The molecule has 0 bridgehead atoms. The van der Waals surface area contributed by atoms with Crippen molar-refractivity contribution < 1.29 is 23.4 Å². The number of hydrogen-bond donors (Lipinski definition) is 0. The molecule has 3 heterocycles. The molecule has 34 heavy (non-hydrogen) atoms. The normalized spacial score (nSPS) is 15.6. The summed E-state index contributed by atoms with van der Waals surface area (Å²) in [5.41, 5.74) is 1.25. The van der Waals surface area contributed by atoms with E-state index >= 15 is 0 Å². The average molecular weight is 483 g/mol. The SMILES string of the molecule is CCCC1=C(C(=O)OCC)C(c2cc(OC)ccc2OC)n2c(s/c(=C\c3ccco3)c2=O)=N1. The van der Waals surface area contributed by atoms with E-state index in [1.807, 2.05) is 6.92 Å². The van der Waals surface area contributed by atoms with Crippen LogP contribution in [0.5, 0.6) is 11.5 Å². The van der Waals surface area contributed by atoms with Crippen LogP contribution in [0.3, 0.4) is 0 Å². The van der Waals surface area contributed by atoms with Crippen molar-refractivity contribution in [3.05, 3.63) is 78.9 Å². The van der Waals surface area contributed by atoms with Crippen LogP contribution in [-0.2, 0) is 9.53 Å². The highest BCUT2D eigenvalue weighted by atomic mass is 32.1. The third-order valence-corrected chi connectivity index (χ3v) is 6.42. The number of furan rings is 1. The van der Waals surface area contributed by atoms with Gasteiger partial charge < -0.3 is 18.6 Å². The molecule has 1 atom stereocenters. The molecule has 1 unspecified atom stereocenters. The largest absolute Gasteiger partial charge is 0.497 e. The van der Waals surface area contributed by atoms with Crippen LogP contribution in [0.1, 0.15) is 44.1 Å². The Kier molecular flexibility index (Phi) is 7.02. The summed E-state index contributed by atoms with van der Waals surface area (Å²) in [6, 6.07) is 8.04. The number of nitrogens with zero attached hydrogens (tertiary/aromatic N) is 2. The van der Waals surface area contributed by atoms with Crippen LogP contribution >= 0.6 is 11.3 Å². The van der Waals surface area contributed by atoms with Crippen LogP contribution in [0.25, 0.3) is 6.08 Å². The lowest BCUT2D eigenvalue weighted by Gasteiger charge is -2.27. The molecule has 0 N–H and O–H groups in total. The van der Waals surface area contributed by atoms with Gasteiger partial charge in [-0.15, -0.1) is 0 Å². The molecule has 0 radical (unpaired) electrons. The van der Waals surface area contributed by atoms with Gasteiger partial charge in [-0.25, -0.2) is 9.79 Å². The molecule has 0 amide bonds. The zero-order valence-electron chi connectivity index (χ0n) is 19.5. The second-order valence-electron chi connectivity index (χ2n) is 7.54. The second-order valence-corrected chi connectivity index (χ2v) is 8.55. The maximum absolute atomic E-state index is 13.7. The molecule has 1 aromatic carbocycles. The van der Waals surface area contributed by atoms with Crippen molar-refractivity contribution in [3.63, 3.8) is 0 Å². The molecule has 0 saturated heterocycles. The quantitative estimate of drug-likeness (QED) is 0.458. The van der Waals surface area contributed by atoms with E-state index in [0.29, 0.717) is 49.8 Å². The van der Waals surface area contributed by atoms with Crippen LogP contribution in [0.15, 0.2) is 62.1 Å². The van der Waals surface area contributed by atoms with Gasteiger partial charge >= 0.3 is 5.97 Å². The number of benzene rings is 1. The number of carbonyl (C=O) groups excluding carboxylic acids is 1. The number of esters is 1. The predicted molar refractivity (Wildman–Crippen MR) is 128 cm³/mol. The molecule has 2 aromatic heterocycles. The van der Waals surface area contributed by atoms with E-state index in [9.17, 15) is 9.59 Å². The summed E-state index contributed by atoms with van der Waals surface area (Å²) < 4.78 is 23.9. The molecule has 8 nitrogen and oxygen atoms in total. The highest BCUT2D eigenvalue weighted by Crippen LogP contribution is 2.38. The molecule has 1 aliphatic heterocycles. The fourth-order valence-electron chi connectivity index (χ4n) is 3.97. The first-order valence-corrected chi connectivity index (χ1v) is 11.8. The maximum atomic E-state index is 13.7. The molecular formula is C25H26N2O6S. The van der Waals surface area contributed by atoms with Crippen LogP contribution in [0, 0.1) is 0 Å². The molecule has 0 spiro atoms. The van der Waals surface area contributed by atoms with Crippen LogP contribution in [-0.4, -0.2) is 31.4 Å². The number of fused-ring (bicyclic) bond motifs is 1. The summed E-state index contributed by atoms with van der Waals surface area (Å²) in [6.45, 7) is 3.96. The minimum Gasteiger partial charge on any atom is -0.497 e. The monoisotopic (exact) mass is 482 g/mol. The van der Waals surface area contributed by atoms with Crippen LogP contribution in [0.2, 0.25) is 0 Å². The standard InChI is InChI=1S/C25H26N2O6S/c1-5-8-18-21(24(29)32-6-2)22(17-13-15(30-3)10-11-19(17)31-4)27-23(28)20(34-25(27)26-18)14-16-9-7-12-33-16/h7,9-14,22H,5-6,8H2,1-4H3/b20-14-. The number of ether oxygens (including phenoxy) is 3. The van der Waals surface area contributed by atoms with E-state index < -0.39 is 12.0 Å². The minimum atomic E-state index is -0.791. The van der Waals surface area contributed by atoms with Crippen molar-refractivity contribution in [2.45, 2.75) is 32.7 Å². The number of aromatic nitrogens is 1. The first kappa shape index (κ1) is 23.6. The molecule has 9 heteroatoms. The Morgan fingerprint density at radius 1 is 1.24 bits per heavy atom. The van der Waals surface area contributed by atoms with Gasteiger partial charge in [-0.3, -0.25) is 9.36 Å². The Hall–Kier alpha value is -3.59. The molecule has 3 aromatic rings. The topological polar surface area (TPSA) is 92.3 Å². The lowest BCUT2D eigenvalue weighted by atomic mass is 9.93. The van der Waals surface area contributed by atoms with Gasteiger partial charge in [-0.1, -0.05) is 24.7 Å². The van der Waals surface area contributed by atoms with E-state index in [2.05, 4.69) is 0 Å². The first-order chi connectivity index (χ1) is 16.5. The van der Waals surface area contributed by atoms with Crippen molar-refractivity contribution >= 4 is 23.4 Å². The maximum Gasteiger partial charge on any atom is 0.338 e. The Morgan fingerprint density at radius 3 is 2.71 bits per heavy atom. The number of carbonyl (C=O) groups is 1. The number of hydrogen-bond acceptors (Lipinski definition) is 8. The van der Waals surface area contributed by atoms with E-state index in [1.54, 1.807) is 63.8 Å². The van der Waals surface area contributed by atoms with Gasteiger partial charge in [0.1, 0.15) is 23.3 Å². The summed E-state index contributed by atoms with van der Waals surface area (Å²) in [6.07, 6.45) is 4.55. The number of thiazole rings is 1. The van der Waals surface area contributed by atoms with Gasteiger partial charge in [-0.2, -0.15) is 0 Å². The average Bonchev–Trinajstić information content (AvgIpc) is 3.46. The van der Waals surface area contributed by atoms with Gasteiger partial charge in [-0.05, 0) is 43.7 Å². The third kappa shape index (κ3) is 4.31. The third-order valence-electron chi connectivity index (χ3n) is 5.44. The van der Waals surface area contributed by atoms with E-state index in [0.717, 1.165) is 6.42 Å². The highest BCUT2D eigenvalue weighted by molar-refractivity contribution is 7.07. The fourth-order valence-corrected chi connectivity index (χ4v) is 4.97. The highest BCUT2D eigenvalue weighted by Gasteiger charge is 2.36. The summed E-state index contributed by atoms with van der Waals surface area (Å²) in [4.78, 5) is 32.2. The van der Waals surface area contributed by atoms with E-state index in [1.165, 1.54) is 15.9 Å². The van der Waals surface area contributed by atoms with Gasteiger partial charge in [0, 0.05) is 11.6 Å². The Morgan fingerprint density at radius 2 is 2.06 bits per heavy atom. The van der Waals surface area contributed by atoms with Crippen molar-refractivity contribution in [3.8, 4) is 11.5 Å². The lowest BCUT2D eigenvalue weighted by molar-refractivity contribution is -0.139. The molecule has 4 rings (SSSR count). The zero-order chi connectivity index (χ0) is 24.2. The summed E-state index contributed by atoms with van der Waals surface area (Å²) >= 11 is 1.25. The summed E-state index contributed by atoms with van der Waals surface area (Å²) in [7, 11) is 3.11. The van der Waals surface area contributed by atoms with E-state index in [4.69, 9.17) is 23.6 Å². The Labute approximate surface area is 200 Å². The molecule has 0 saturated carbocycles. The summed E-state index contributed by atoms with van der Waals surface area (Å²) in [5, 5.41) is 0. The predicted octanol–water partition coefficient (Wildman–Crippen LogP) is 3.19. The molecule has 178 valence electrons. The van der Waals surface area contributed by atoms with Crippen LogP contribution < -0.4 is 24.4 Å². The minimum absolute atomic E-state index is 0.201. The van der Waals surface area contributed by atoms with E-state index in [-0.39, 0.29) is 12.2 Å². The van der Waals surface area contributed by atoms with Gasteiger partial charge in [0.2, 0.25) is 0 Å².